The smallest absolute Gasteiger partial charge is 0.137 e. The third-order valence-electron chi connectivity index (χ3n) is 2.48. The molecule has 1 heterocycles. The second-order valence-corrected chi connectivity index (χ2v) is 5.25. The average Bonchev–Trinajstić information content (AvgIpc) is 2.73. The summed E-state index contributed by atoms with van der Waals surface area (Å²) in [4.78, 5) is 0. The summed E-state index contributed by atoms with van der Waals surface area (Å²) in [5.41, 5.74) is 1.81. The Morgan fingerprint density at radius 1 is 1.53 bits per heavy atom. The Balaban J connectivity index is 2.22. The molecule has 0 bridgehead atoms. The van der Waals surface area contributed by atoms with Crippen molar-refractivity contribution < 1.29 is 4.39 Å². The molecule has 1 atom stereocenters. The van der Waals surface area contributed by atoms with Gasteiger partial charge < -0.3 is 0 Å². The van der Waals surface area contributed by atoms with Gasteiger partial charge in [-0.05, 0) is 34.5 Å². The topological polar surface area (TPSA) is 17.8 Å². The number of aromatic nitrogens is 2. The van der Waals surface area contributed by atoms with Crippen LogP contribution in [0.2, 0.25) is 0 Å². The number of alkyl halides is 1. The number of hydrogen-bond donors (Lipinski definition) is 0. The molecule has 0 fully saturated rings. The zero-order valence-electron chi connectivity index (χ0n) is 9.20. The van der Waals surface area contributed by atoms with Crippen LogP contribution in [0.25, 0.3) is 0 Å². The Morgan fingerprint density at radius 3 is 2.94 bits per heavy atom. The van der Waals surface area contributed by atoms with Crippen molar-refractivity contribution in [1.29, 1.82) is 0 Å². The molecule has 90 valence electrons. The average molecular weight is 318 g/mol. The largest absolute Gasteiger partial charge is 0.268 e. The number of nitrogens with zero attached hydrogens (tertiary/aromatic N) is 2. The summed E-state index contributed by atoms with van der Waals surface area (Å²) in [5, 5.41) is 4.12. The van der Waals surface area contributed by atoms with E-state index in [2.05, 4.69) is 21.0 Å². The molecule has 1 aromatic heterocycles. The van der Waals surface area contributed by atoms with Crippen molar-refractivity contribution in [1.82, 2.24) is 9.78 Å². The molecule has 0 amide bonds. The standard InChI is InChI=1S/C12H11BrClFN2/c1-8(14)10-5-16-17(7-10)6-9-3-2-4-11(15)12(9)13/h2-5,7-8H,6H2,1H3. The quantitative estimate of drug-likeness (QED) is 0.778. The van der Waals surface area contributed by atoms with E-state index < -0.39 is 0 Å². The molecule has 17 heavy (non-hydrogen) atoms. The maximum atomic E-state index is 13.3. The Morgan fingerprint density at radius 2 is 2.29 bits per heavy atom. The summed E-state index contributed by atoms with van der Waals surface area (Å²) in [5.74, 6) is -0.263. The van der Waals surface area contributed by atoms with Crippen LogP contribution in [-0.2, 0) is 6.54 Å². The van der Waals surface area contributed by atoms with Crippen LogP contribution in [0.5, 0.6) is 0 Å². The fraction of sp³-hybridized carbons (Fsp3) is 0.250. The minimum absolute atomic E-state index is 0.0697. The second kappa shape index (κ2) is 5.19. The van der Waals surface area contributed by atoms with Crippen molar-refractivity contribution >= 4 is 27.5 Å². The van der Waals surface area contributed by atoms with Crippen LogP contribution in [0.3, 0.4) is 0 Å². The second-order valence-electron chi connectivity index (χ2n) is 3.80. The van der Waals surface area contributed by atoms with Gasteiger partial charge in [-0.1, -0.05) is 12.1 Å². The van der Waals surface area contributed by atoms with E-state index in [4.69, 9.17) is 11.6 Å². The Kier molecular flexibility index (Phi) is 3.84. The van der Waals surface area contributed by atoms with E-state index in [1.54, 1.807) is 16.9 Å². The van der Waals surface area contributed by atoms with Crippen LogP contribution >= 0.6 is 27.5 Å². The van der Waals surface area contributed by atoms with Crippen LogP contribution in [0.15, 0.2) is 35.1 Å². The lowest BCUT2D eigenvalue weighted by Crippen LogP contribution is -2.01. The van der Waals surface area contributed by atoms with Crippen LogP contribution in [0.4, 0.5) is 4.39 Å². The predicted octanol–water partition coefficient (Wildman–Crippen LogP) is 4.13. The molecule has 0 spiro atoms. The fourth-order valence-corrected chi connectivity index (χ4v) is 2.02. The first-order valence-electron chi connectivity index (χ1n) is 5.17. The Hall–Kier alpha value is -0.870. The van der Waals surface area contributed by atoms with Gasteiger partial charge in [0, 0.05) is 11.8 Å². The predicted molar refractivity (Wildman–Crippen MR) is 69.7 cm³/mol. The highest BCUT2D eigenvalue weighted by atomic mass is 79.9. The molecular formula is C12H11BrClFN2. The molecular weight excluding hydrogens is 307 g/mol. The molecule has 0 N–H and O–H groups in total. The van der Waals surface area contributed by atoms with Crippen molar-refractivity contribution in [2.45, 2.75) is 18.8 Å². The maximum Gasteiger partial charge on any atom is 0.137 e. The molecule has 5 heteroatoms. The summed E-state index contributed by atoms with van der Waals surface area (Å²) < 4.78 is 15.5. The normalized spacial score (nSPS) is 12.7. The number of halogens is 3. The van der Waals surface area contributed by atoms with Gasteiger partial charge in [0.2, 0.25) is 0 Å². The molecule has 0 aliphatic carbocycles. The van der Waals surface area contributed by atoms with E-state index >= 15 is 0 Å². The SMILES string of the molecule is CC(Cl)c1cnn(Cc2cccc(F)c2Br)c1. The lowest BCUT2D eigenvalue weighted by Gasteiger charge is -2.05. The van der Waals surface area contributed by atoms with Crippen LogP contribution < -0.4 is 0 Å². The maximum absolute atomic E-state index is 13.3. The van der Waals surface area contributed by atoms with Gasteiger partial charge in [-0.15, -0.1) is 11.6 Å². The summed E-state index contributed by atoms with van der Waals surface area (Å²) in [6.07, 6.45) is 3.60. The van der Waals surface area contributed by atoms with E-state index in [9.17, 15) is 4.39 Å². The van der Waals surface area contributed by atoms with Crippen molar-refractivity contribution in [3.05, 3.63) is 52.0 Å². The number of benzene rings is 1. The van der Waals surface area contributed by atoms with Crippen molar-refractivity contribution in [3.8, 4) is 0 Å². The lowest BCUT2D eigenvalue weighted by atomic mass is 10.2. The van der Waals surface area contributed by atoms with Gasteiger partial charge >= 0.3 is 0 Å². The van der Waals surface area contributed by atoms with E-state index in [-0.39, 0.29) is 11.2 Å². The summed E-state index contributed by atoms with van der Waals surface area (Å²) in [6.45, 7) is 2.41. The van der Waals surface area contributed by atoms with Gasteiger partial charge in [-0.3, -0.25) is 4.68 Å². The summed E-state index contributed by atoms with van der Waals surface area (Å²) in [7, 11) is 0. The molecule has 2 rings (SSSR count). The molecule has 0 radical (unpaired) electrons. The Labute approximate surface area is 113 Å². The first kappa shape index (κ1) is 12.6. The third kappa shape index (κ3) is 2.87. The zero-order valence-corrected chi connectivity index (χ0v) is 11.5. The van der Waals surface area contributed by atoms with E-state index in [1.165, 1.54) is 6.07 Å². The van der Waals surface area contributed by atoms with Gasteiger partial charge in [0.25, 0.3) is 0 Å². The first-order valence-corrected chi connectivity index (χ1v) is 6.40. The first-order chi connectivity index (χ1) is 8.08. The monoisotopic (exact) mass is 316 g/mol. The van der Waals surface area contributed by atoms with Crippen LogP contribution in [-0.4, -0.2) is 9.78 Å². The molecule has 1 aromatic carbocycles. The highest BCUT2D eigenvalue weighted by Crippen LogP contribution is 2.22. The summed E-state index contributed by atoms with van der Waals surface area (Å²) >= 11 is 9.18. The highest BCUT2D eigenvalue weighted by Gasteiger charge is 2.08. The van der Waals surface area contributed by atoms with E-state index in [0.29, 0.717) is 11.0 Å². The fourth-order valence-electron chi connectivity index (χ4n) is 1.52. The van der Waals surface area contributed by atoms with Crippen molar-refractivity contribution in [2.75, 3.05) is 0 Å². The third-order valence-corrected chi connectivity index (χ3v) is 3.62. The van der Waals surface area contributed by atoms with Gasteiger partial charge in [-0.25, -0.2) is 4.39 Å². The van der Waals surface area contributed by atoms with Gasteiger partial charge in [0.1, 0.15) is 5.82 Å². The molecule has 1 unspecified atom stereocenters. The van der Waals surface area contributed by atoms with Crippen LogP contribution in [0, 0.1) is 5.82 Å². The van der Waals surface area contributed by atoms with E-state index in [1.807, 2.05) is 19.2 Å². The van der Waals surface area contributed by atoms with Crippen LogP contribution in [0.1, 0.15) is 23.4 Å². The van der Waals surface area contributed by atoms with E-state index in [0.717, 1.165) is 11.1 Å². The molecule has 2 nitrogen and oxygen atoms in total. The van der Waals surface area contributed by atoms with Gasteiger partial charge in [-0.2, -0.15) is 5.10 Å². The zero-order chi connectivity index (χ0) is 12.4. The minimum atomic E-state index is -0.263. The lowest BCUT2D eigenvalue weighted by molar-refractivity contribution is 0.611. The number of hydrogen-bond acceptors (Lipinski definition) is 1. The molecule has 0 saturated carbocycles. The molecule has 2 aromatic rings. The number of rotatable bonds is 3. The minimum Gasteiger partial charge on any atom is -0.268 e. The molecule has 0 aliphatic rings. The highest BCUT2D eigenvalue weighted by molar-refractivity contribution is 9.10. The van der Waals surface area contributed by atoms with Gasteiger partial charge in [0.15, 0.2) is 0 Å². The molecule has 0 aliphatic heterocycles. The van der Waals surface area contributed by atoms with Gasteiger partial charge in [0.05, 0.1) is 22.6 Å². The Bertz CT molecular complexity index is 525. The van der Waals surface area contributed by atoms with Crippen molar-refractivity contribution in [3.63, 3.8) is 0 Å². The van der Waals surface area contributed by atoms with Crippen molar-refractivity contribution in [2.24, 2.45) is 0 Å². The summed E-state index contributed by atoms with van der Waals surface area (Å²) in [6, 6.07) is 4.96. The molecule has 0 saturated heterocycles.